The lowest BCUT2D eigenvalue weighted by Crippen LogP contribution is -2.15. The third kappa shape index (κ3) is 6.56. The van der Waals surface area contributed by atoms with Gasteiger partial charge in [0.25, 0.3) is 0 Å². The molecule has 6 heteroatoms. The van der Waals surface area contributed by atoms with Crippen molar-refractivity contribution in [1.82, 2.24) is 5.32 Å². The highest BCUT2D eigenvalue weighted by molar-refractivity contribution is 5.90. The molecule has 130 valence electrons. The van der Waals surface area contributed by atoms with E-state index in [9.17, 15) is 9.18 Å². The molecule has 0 saturated carbocycles. The topological polar surface area (TPSA) is 50.4 Å². The van der Waals surface area contributed by atoms with E-state index in [1.54, 1.807) is 42.5 Å². The Bertz CT molecular complexity index is 635. The molecule has 0 unspecified atom stereocenters. The smallest absolute Gasteiger partial charge is 0.224 e. The van der Waals surface area contributed by atoms with Gasteiger partial charge in [-0.25, -0.2) is 4.39 Å². The maximum atomic E-state index is 13.5. The van der Waals surface area contributed by atoms with Gasteiger partial charge in [-0.3, -0.25) is 4.79 Å². The second-order valence-corrected chi connectivity index (χ2v) is 5.16. The average molecular weight is 353 g/mol. The number of benzene rings is 2. The largest absolute Gasteiger partial charge is 0.489 e. The Morgan fingerprint density at radius 3 is 2.50 bits per heavy atom. The Hall–Kier alpha value is -2.11. The summed E-state index contributed by atoms with van der Waals surface area (Å²) < 4.78 is 19.0. The van der Waals surface area contributed by atoms with Gasteiger partial charge in [0.05, 0.1) is 0 Å². The van der Waals surface area contributed by atoms with E-state index in [0.717, 1.165) is 18.7 Å². The molecule has 0 radical (unpaired) electrons. The van der Waals surface area contributed by atoms with Gasteiger partial charge in [0.1, 0.15) is 18.2 Å². The standard InChI is InChI=1S/C18H21FN2O2.ClH/c1-20-12-4-7-18(22)21-15-8-10-16(11-9-15)23-13-14-5-2-3-6-17(14)19;/h2-3,5-6,8-11,20H,4,7,12-13H2,1H3,(H,21,22);1H. The van der Waals surface area contributed by atoms with Crippen LogP contribution in [0.4, 0.5) is 10.1 Å². The predicted molar refractivity (Wildman–Crippen MR) is 96.2 cm³/mol. The van der Waals surface area contributed by atoms with Crippen LogP contribution in [0, 0.1) is 5.82 Å². The summed E-state index contributed by atoms with van der Waals surface area (Å²) in [4.78, 5) is 11.7. The number of hydrogen-bond donors (Lipinski definition) is 2. The summed E-state index contributed by atoms with van der Waals surface area (Å²) in [6.45, 7) is 0.985. The van der Waals surface area contributed by atoms with Crippen molar-refractivity contribution >= 4 is 24.0 Å². The first-order chi connectivity index (χ1) is 11.2. The van der Waals surface area contributed by atoms with E-state index in [2.05, 4.69) is 10.6 Å². The molecule has 0 atom stereocenters. The highest BCUT2D eigenvalue weighted by Crippen LogP contribution is 2.18. The third-order valence-electron chi connectivity index (χ3n) is 3.32. The first-order valence-electron chi connectivity index (χ1n) is 7.60. The lowest BCUT2D eigenvalue weighted by molar-refractivity contribution is -0.116. The van der Waals surface area contributed by atoms with Crippen molar-refractivity contribution in [2.45, 2.75) is 19.4 Å². The molecule has 2 N–H and O–H groups in total. The van der Waals surface area contributed by atoms with Crippen LogP contribution in [-0.2, 0) is 11.4 Å². The molecule has 0 aromatic heterocycles. The number of carbonyl (C=O) groups excluding carboxylic acids is 1. The van der Waals surface area contributed by atoms with Gasteiger partial charge < -0.3 is 15.4 Å². The molecule has 0 heterocycles. The average Bonchev–Trinajstić information content (AvgIpc) is 2.56. The summed E-state index contributed by atoms with van der Waals surface area (Å²) in [5.74, 6) is 0.333. The number of ether oxygens (including phenoxy) is 1. The Balaban J connectivity index is 0.00000288. The molecule has 0 aliphatic heterocycles. The molecular weight excluding hydrogens is 331 g/mol. The normalized spacial score (nSPS) is 9.92. The number of hydrogen-bond acceptors (Lipinski definition) is 3. The molecule has 2 aromatic rings. The first kappa shape index (κ1) is 19.9. The van der Waals surface area contributed by atoms with Crippen LogP contribution in [0.2, 0.25) is 0 Å². The van der Waals surface area contributed by atoms with E-state index in [4.69, 9.17) is 4.74 Å². The van der Waals surface area contributed by atoms with Crippen LogP contribution in [0.3, 0.4) is 0 Å². The van der Waals surface area contributed by atoms with Crippen LogP contribution in [-0.4, -0.2) is 19.5 Å². The first-order valence-corrected chi connectivity index (χ1v) is 7.60. The lowest BCUT2D eigenvalue weighted by Gasteiger charge is -2.09. The summed E-state index contributed by atoms with van der Waals surface area (Å²) >= 11 is 0. The van der Waals surface area contributed by atoms with Gasteiger partial charge in [-0.2, -0.15) is 0 Å². The van der Waals surface area contributed by atoms with Crippen molar-refractivity contribution in [3.05, 3.63) is 59.9 Å². The highest BCUT2D eigenvalue weighted by atomic mass is 35.5. The van der Waals surface area contributed by atoms with Gasteiger partial charge in [-0.15, -0.1) is 12.4 Å². The molecule has 1 amide bonds. The van der Waals surface area contributed by atoms with E-state index in [1.165, 1.54) is 6.07 Å². The maximum Gasteiger partial charge on any atom is 0.224 e. The minimum atomic E-state index is -0.280. The molecule has 0 spiro atoms. The fourth-order valence-corrected chi connectivity index (χ4v) is 2.06. The van der Waals surface area contributed by atoms with E-state index in [1.807, 2.05) is 7.05 Å². The number of carbonyl (C=O) groups is 1. The van der Waals surface area contributed by atoms with Crippen LogP contribution in [0.15, 0.2) is 48.5 Å². The zero-order valence-electron chi connectivity index (χ0n) is 13.5. The zero-order chi connectivity index (χ0) is 16.5. The molecule has 0 aliphatic carbocycles. The molecule has 2 aromatic carbocycles. The van der Waals surface area contributed by atoms with Crippen molar-refractivity contribution in [3.63, 3.8) is 0 Å². The minimum Gasteiger partial charge on any atom is -0.489 e. The minimum absolute atomic E-state index is 0. The molecule has 0 saturated heterocycles. The van der Waals surface area contributed by atoms with Crippen LogP contribution in [0.25, 0.3) is 0 Å². The maximum absolute atomic E-state index is 13.5. The Morgan fingerprint density at radius 2 is 1.83 bits per heavy atom. The molecule has 0 bridgehead atoms. The van der Waals surface area contributed by atoms with E-state index in [0.29, 0.717) is 17.7 Å². The van der Waals surface area contributed by atoms with Gasteiger partial charge >= 0.3 is 0 Å². The van der Waals surface area contributed by atoms with Crippen LogP contribution in [0.1, 0.15) is 18.4 Å². The Labute approximate surface area is 147 Å². The Kier molecular flexibility index (Phi) is 8.83. The number of nitrogens with one attached hydrogen (secondary N) is 2. The van der Waals surface area contributed by atoms with E-state index < -0.39 is 0 Å². The summed E-state index contributed by atoms with van der Waals surface area (Å²) in [6, 6.07) is 13.6. The summed E-state index contributed by atoms with van der Waals surface area (Å²) in [6.07, 6.45) is 1.28. The number of rotatable bonds is 8. The third-order valence-corrected chi connectivity index (χ3v) is 3.32. The molecule has 24 heavy (non-hydrogen) atoms. The van der Waals surface area contributed by atoms with E-state index in [-0.39, 0.29) is 30.7 Å². The number of anilines is 1. The Morgan fingerprint density at radius 1 is 1.12 bits per heavy atom. The van der Waals surface area contributed by atoms with Crippen molar-refractivity contribution in [2.75, 3.05) is 18.9 Å². The van der Waals surface area contributed by atoms with Crippen molar-refractivity contribution < 1.29 is 13.9 Å². The molecule has 0 aliphatic rings. The quantitative estimate of drug-likeness (QED) is 0.711. The lowest BCUT2D eigenvalue weighted by atomic mass is 10.2. The number of halogens is 2. The van der Waals surface area contributed by atoms with Gasteiger partial charge in [0.15, 0.2) is 0 Å². The number of amides is 1. The van der Waals surface area contributed by atoms with Gasteiger partial charge in [0, 0.05) is 17.7 Å². The zero-order valence-corrected chi connectivity index (χ0v) is 14.4. The molecule has 4 nitrogen and oxygen atoms in total. The second kappa shape index (κ2) is 10.6. The molecule has 0 fully saturated rings. The summed E-state index contributed by atoms with van der Waals surface area (Å²) in [5.41, 5.74) is 1.23. The van der Waals surface area contributed by atoms with Gasteiger partial charge in [-0.1, -0.05) is 18.2 Å². The molecule has 2 rings (SSSR count). The summed E-state index contributed by atoms with van der Waals surface area (Å²) in [5, 5.41) is 5.83. The summed E-state index contributed by atoms with van der Waals surface area (Å²) in [7, 11) is 1.86. The SMILES string of the molecule is CNCCCC(=O)Nc1ccc(OCc2ccccc2F)cc1.Cl. The van der Waals surface area contributed by atoms with Crippen molar-refractivity contribution in [3.8, 4) is 5.75 Å². The van der Waals surface area contributed by atoms with Crippen LogP contribution >= 0.6 is 12.4 Å². The highest BCUT2D eigenvalue weighted by Gasteiger charge is 2.04. The van der Waals surface area contributed by atoms with Crippen molar-refractivity contribution in [2.24, 2.45) is 0 Å². The second-order valence-electron chi connectivity index (χ2n) is 5.16. The predicted octanol–water partition coefficient (Wildman–Crippen LogP) is 3.76. The fraction of sp³-hybridized carbons (Fsp3) is 0.278. The van der Waals surface area contributed by atoms with Crippen LogP contribution < -0.4 is 15.4 Å². The van der Waals surface area contributed by atoms with Gasteiger partial charge in [0.2, 0.25) is 5.91 Å². The fourth-order valence-electron chi connectivity index (χ4n) is 2.06. The molecular formula is C18H22ClFN2O2. The van der Waals surface area contributed by atoms with E-state index >= 15 is 0 Å². The monoisotopic (exact) mass is 352 g/mol. The van der Waals surface area contributed by atoms with Crippen molar-refractivity contribution in [1.29, 1.82) is 0 Å². The van der Waals surface area contributed by atoms with Crippen LogP contribution in [0.5, 0.6) is 5.75 Å². The van der Waals surface area contributed by atoms with Gasteiger partial charge in [-0.05, 0) is 50.3 Å².